The van der Waals surface area contributed by atoms with E-state index in [1.54, 1.807) is 0 Å². The molecule has 1 aliphatic rings. The summed E-state index contributed by atoms with van der Waals surface area (Å²) in [5.74, 6) is 0.842. The van der Waals surface area contributed by atoms with Gasteiger partial charge >= 0.3 is 5.97 Å². The Hall–Kier alpha value is -0.530. The van der Waals surface area contributed by atoms with Crippen molar-refractivity contribution in [3.05, 3.63) is 0 Å². The minimum Gasteiger partial charge on any atom is -0.481 e. The first-order valence-corrected chi connectivity index (χ1v) is 8.31. The average molecular weight is 268 g/mol. The van der Waals surface area contributed by atoms with Gasteiger partial charge in [0.15, 0.2) is 0 Å². The summed E-state index contributed by atoms with van der Waals surface area (Å²) in [5.41, 5.74) is -0.403. The van der Waals surface area contributed by atoms with E-state index in [1.807, 2.05) is 0 Å². The highest BCUT2D eigenvalue weighted by molar-refractivity contribution is 5.74. The lowest BCUT2D eigenvalue weighted by atomic mass is 9.65. The predicted octanol–water partition coefficient (Wildman–Crippen LogP) is 5.26. The molecule has 112 valence electrons. The Morgan fingerprint density at radius 3 is 2.32 bits per heavy atom. The summed E-state index contributed by atoms with van der Waals surface area (Å²) >= 11 is 0. The molecule has 1 saturated carbocycles. The fourth-order valence-corrected chi connectivity index (χ4v) is 3.64. The topological polar surface area (TPSA) is 37.3 Å². The standard InChI is InChI=1S/C17H32O2/c1-4-7-8-15(6-3)13-17(16(18)19)11-9-14(5-2)10-12-17/h14-15H,4-13H2,1-3H3,(H,18,19). The van der Waals surface area contributed by atoms with Gasteiger partial charge in [-0.1, -0.05) is 52.9 Å². The molecule has 1 rings (SSSR count). The first-order chi connectivity index (χ1) is 9.07. The van der Waals surface area contributed by atoms with Crippen molar-refractivity contribution < 1.29 is 9.90 Å². The van der Waals surface area contributed by atoms with E-state index in [0.29, 0.717) is 5.92 Å². The van der Waals surface area contributed by atoms with E-state index in [4.69, 9.17) is 0 Å². The molecule has 1 fully saturated rings. The molecule has 0 heterocycles. The molecule has 1 N–H and O–H groups in total. The Balaban J connectivity index is 2.64. The van der Waals surface area contributed by atoms with Crippen LogP contribution in [0.4, 0.5) is 0 Å². The molecule has 2 heteroatoms. The minimum absolute atomic E-state index is 0.403. The van der Waals surface area contributed by atoms with Crippen LogP contribution in [0.1, 0.15) is 85.0 Å². The van der Waals surface area contributed by atoms with Crippen molar-refractivity contribution in [2.75, 3.05) is 0 Å². The smallest absolute Gasteiger partial charge is 0.309 e. The van der Waals surface area contributed by atoms with Gasteiger partial charge in [-0.15, -0.1) is 0 Å². The van der Waals surface area contributed by atoms with E-state index < -0.39 is 11.4 Å². The highest BCUT2D eigenvalue weighted by atomic mass is 16.4. The maximum Gasteiger partial charge on any atom is 0.309 e. The van der Waals surface area contributed by atoms with Crippen LogP contribution in [0, 0.1) is 17.3 Å². The maximum atomic E-state index is 11.8. The van der Waals surface area contributed by atoms with E-state index in [2.05, 4.69) is 20.8 Å². The Labute approximate surface area is 119 Å². The lowest BCUT2D eigenvalue weighted by Crippen LogP contribution is -2.37. The molecule has 19 heavy (non-hydrogen) atoms. The van der Waals surface area contributed by atoms with Crippen molar-refractivity contribution in [3.8, 4) is 0 Å². The van der Waals surface area contributed by atoms with Crippen LogP contribution in [0.5, 0.6) is 0 Å². The second-order valence-corrected chi connectivity index (χ2v) is 6.56. The van der Waals surface area contributed by atoms with Gasteiger partial charge in [0.25, 0.3) is 0 Å². The molecule has 1 aliphatic carbocycles. The number of rotatable bonds is 8. The maximum absolute atomic E-state index is 11.8. The Bertz CT molecular complexity index is 264. The predicted molar refractivity (Wildman–Crippen MR) is 80.2 cm³/mol. The summed E-state index contributed by atoms with van der Waals surface area (Å²) in [6.45, 7) is 6.66. The van der Waals surface area contributed by atoms with E-state index in [9.17, 15) is 9.90 Å². The molecule has 0 spiro atoms. The van der Waals surface area contributed by atoms with Gasteiger partial charge in [0, 0.05) is 0 Å². The van der Waals surface area contributed by atoms with Crippen LogP contribution in [-0.4, -0.2) is 11.1 Å². The SMILES string of the molecule is CCCCC(CC)CC1(C(=O)O)CCC(CC)CC1. The summed E-state index contributed by atoms with van der Waals surface area (Å²) in [6.07, 6.45) is 11.0. The van der Waals surface area contributed by atoms with Crippen LogP contribution in [0.2, 0.25) is 0 Å². The molecule has 0 bridgehead atoms. The Morgan fingerprint density at radius 1 is 1.26 bits per heavy atom. The normalized spacial score (nSPS) is 29.1. The number of unbranched alkanes of at least 4 members (excludes halogenated alkanes) is 1. The zero-order valence-electron chi connectivity index (χ0n) is 13.1. The van der Waals surface area contributed by atoms with Gasteiger partial charge in [0.2, 0.25) is 0 Å². The molecule has 1 atom stereocenters. The van der Waals surface area contributed by atoms with Crippen LogP contribution >= 0.6 is 0 Å². The van der Waals surface area contributed by atoms with Crippen LogP contribution in [0.3, 0.4) is 0 Å². The first-order valence-electron chi connectivity index (χ1n) is 8.31. The summed E-state index contributed by atoms with van der Waals surface area (Å²) in [4.78, 5) is 11.8. The van der Waals surface area contributed by atoms with E-state index in [-0.39, 0.29) is 0 Å². The highest BCUT2D eigenvalue weighted by Gasteiger charge is 2.42. The third kappa shape index (κ3) is 4.50. The van der Waals surface area contributed by atoms with Crippen LogP contribution < -0.4 is 0 Å². The summed E-state index contributed by atoms with van der Waals surface area (Å²) < 4.78 is 0. The van der Waals surface area contributed by atoms with Gasteiger partial charge in [0.1, 0.15) is 0 Å². The van der Waals surface area contributed by atoms with Gasteiger partial charge in [-0.3, -0.25) is 4.79 Å². The summed E-state index contributed by atoms with van der Waals surface area (Å²) in [7, 11) is 0. The molecular formula is C17H32O2. The van der Waals surface area contributed by atoms with Crippen molar-refractivity contribution in [2.24, 2.45) is 17.3 Å². The number of carboxylic acid groups (broad SMARTS) is 1. The monoisotopic (exact) mass is 268 g/mol. The van der Waals surface area contributed by atoms with Crippen LogP contribution in [0.25, 0.3) is 0 Å². The number of aliphatic carboxylic acids is 1. The highest BCUT2D eigenvalue weighted by Crippen LogP contribution is 2.45. The van der Waals surface area contributed by atoms with E-state index in [0.717, 1.165) is 44.4 Å². The van der Waals surface area contributed by atoms with Crippen molar-refractivity contribution in [3.63, 3.8) is 0 Å². The van der Waals surface area contributed by atoms with Gasteiger partial charge < -0.3 is 5.11 Å². The lowest BCUT2D eigenvalue weighted by molar-refractivity contribution is -0.153. The summed E-state index contributed by atoms with van der Waals surface area (Å²) in [5, 5.41) is 9.72. The largest absolute Gasteiger partial charge is 0.481 e. The van der Waals surface area contributed by atoms with Crippen molar-refractivity contribution >= 4 is 5.97 Å². The molecule has 0 radical (unpaired) electrons. The van der Waals surface area contributed by atoms with Gasteiger partial charge in [-0.25, -0.2) is 0 Å². The zero-order chi connectivity index (χ0) is 14.3. The average Bonchev–Trinajstić information content (AvgIpc) is 2.43. The number of carbonyl (C=O) groups is 1. The molecule has 0 aromatic carbocycles. The molecular weight excluding hydrogens is 236 g/mol. The summed E-state index contributed by atoms with van der Waals surface area (Å²) in [6, 6.07) is 0. The van der Waals surface area contributed by atoms with Crippen molar-refractivity contribution in [1.29, 1.82) is 0 Å². The minimum atomic E-state index is -0.531. The quantitative estimate of drug-likeness (QED) is 0.651. The second kappa shape index (κ2) is 7.91. The fraction of sp³-hybridized carbons (Fsp3) is 0.941. The van der Waals surface area contributed by atoms with Gasteiger partial charge in [0.05, 0.1) is 5.41 Å². The molecule has 0 saturated heterocycles. The van der Waals surface area contributed by atoms with Crippen molar-refractivity contribution in [1.82, 2.24) is 0 Å². The fourth-order valence-electron chi connectivity index (χ4n) is 3.64. The van der Waals surface area contributed by atoms with Crippen LogP contribution in [0.15, 0.2) is 0 Å². The zero-order valence-corrected chi connectivity index (χ0v) is 13.1. The number of hydrogen-bond donors (Lipinski definition) is 1. The Kier molecular flexibility index (Phi) is 6.88. The molecule has 1 unspecified atom stereocenters. The van der Waals surface area contributed by atoms with Crippen LogP contribution in [-0.2, 0) is 4.79 Å². The molecule has 0 aromatic heterocycles. The third-order valence-electron chi connectivity index (χ3n) is 5.32. The van der Waals surface area contributed by atoms with Gasteiger partial charge in [-0.2, -0.15) is 0 Å². The third-order valence-corrected chi connectivity index (χ3v) is 5.32. The Morgan fingerprint density at radius 2 is 1.89 bits per heavy atom. The number of hydrogen-bond acceptors (Lipinski definition) is 1. The first kappa shape index (κ1) is 16.5. The van der Waals surface area contributed by atoms with Crippen molar-refractivity contribution in [2.45, 2.75) is 85.0 Å². The van der Waals surface area contributed by atoms with Gasteiger partial charge in [-0.05, 0) is 43.9 Å². The number of carboxylic acids is 1. The van der Waals surface area contributed by atoms with E-state index >= 15 is 0 Å². The molecule has 2 nitrogen and oxygen atoms in total. The second-order valence-electron chi connectivity index (χ2n) is 6.56. The molecule has 0 aliphatic heterocycles. The van der Waals surface area contributed by atoms with E-state index in [1.165, 1.54) is 25.7 Å². The molecule has 0 aromatic rings. The lowest BCUT2D eigenvalue weighted by Gasteiger charge is -2.39. The molecule has 0 amide bonds.